The molecule has 0 fully saturated rings. The van der Waals surface area contributed by atoms with E-state index in [1.807, 2.05) is 0 Å². The SMILES string of the molecule is C=CC(C)CCCCCCCCCCCCCCCCC(=O)[Si](=O)C(=O)CCCCCCCCCCCCCCCCC. The fourth-order valence-corrected chi connectivity index (χ4v) is 7.15. The third-order valence-corrected chi connectivity index (χ3v) is 10.7. The average molecular weight is 619 g/mol. The van der Waals surface area contributed by atoms with Crippen molar-refractivity contribution in [1.82, 2.24) is 0 Å². The molecule has 4 heteroatoms. The van der Waals surface area contributed by atoms with Gasteiger partial charge in [0.15, 0.2) is 10.8 Å². The Balaban J connectivity index is 3.41. The van der Waals surface area contributed by atoms with Crippen LogP contribution in [0.25, 0.3) is 0 Å². The summed E-state index contributed by atoms with van der Waals surface area (Å²) in [5.74, 6) is 0.669. The molecule has 0 aliphatic rings. The zero-order chi connectivity index (χ0) is 31.6. The van der Waals surface area contributed by atoms with Crippen LogP contribution in [0.5, 0.6) is 0 Å². The first-order valence-electron chi connectivity index (χ1n) is 19.3. The second-order valence-corrected chi connectivity index (χ2v) is 15.4. The Morgan fingerprint density at radius 1 is 0.488 bits per heavy atom. The van der Waals surface area contributed by atoms with Gasteiger partial charge in [0, 0.05) is 12.8 Å². The van der Waals surface area contributed by atoms with Crippen LogP contribution in [-0.4, -0.2) is 19.5 Å². The summed E-state index contributed by atoms with van der Waals surface area (Å²) in [6, 6.07) is 0. The van der Waals surface area contributed by atoms with E-state index < -0.39 is 8.68 Å². The number of hydrogen-bond acceptors (Lipinski definition) is 3. The smallest absolute Gasteiger partial charge is 0.370 e. The lowest BCUT2D eigenvalue weighted by molar-refractivity contribution is -0.116. The Bertz CT molecular complexity index is 659. The molecule has 0 aromatic carbocycles. The molecule has 1 atom stereocenters. The maximum Gasteiger partial charge on any atom is 0.421 e. The topological polar surface area (TPSA) is 51.2 Å². The third-order valence-electron chi connectivity index (χ3n) is 9.23. The standard InChI is InChI=1S/C39H74O3Si/c1-4-6-7-8-9-10-11-12-13-17-20-23-26-29-32-35-38(40)43(42)39(41)36-33-30-27-24-21-18-15-14-16-19-22-25-28-31-34-37(3)5-2/h5,37H,2,4,6-36H2,1,3H3. The second-order valence-electron chi connectivity index (χ2n) is 13.6. The molecule has 0 radical (unpaired) electrons. The fourth-order valence-electron chi connectivity index (χ4n) is 6.03. The van der Waals surface area contributed by atoms with Gasteiger partial charge in [0.1, 0.15) is 0 Å². The lowest BCUT2D eigenvalue weighted by atomic mass is 10.0. The minimum absolute atomic E-state index is 0.275. The normalized spacial score (nSPS) is 12.0. The number of carbonyl (C=O) groups excluding carboxylic acids is 2. The van der Waals surface area contributed by atoms with Gasteiger partial charge in [-0.15, -0.1) is 6.58 Å². The van der Waals surface area contributed by atoms with E-state index in [4.69, 9.17) is 0 Å². The molecular weight excluding hydrogens is 545 g/mol. The molecule has 0 saturated heterocycles. The van der Waals surface area contributed by atoms with Gasteiger partial charge in [-0.3, -0.25) is 9.59 Å². The van der Waals surface area contributed by atoms with Gasteiger partial charge in [0.2, 0.25) is 0 Å². The van der Waals surface area contributed by atoms with Gasteiger partial charge in [-0.05, 0) is 25.2 Å². The Morgan fingerprint density at radius 3 is 1.02 bits per heavy atom. The van der Waals surface area contributed by atoms with Crippen LogP contribution in [0.2, 0.25) is 0 Å². The van der Waals surface area contributed by atoms with Crippen molar-refractivity contribution in [2.45, 2.75) is 219 Å². The van der Waals surface area contributed by atoms with Crippen LogP contribution in [-0.2, 0) is 14.1 Å². The number of unbranched alkanes of at least 4 members (excludes halogenated alkanes) is 27. The summed E-state index contributed by atoms with van der Waals surface area (Å²) < 4.78 is 12.3. The predicted molar refractivity (Wildman–Crippen MR) is 189 cm³/mol. The summed E-state index contributed by atoms with van der Waals surface area (Å²) in [5.41, 5.74) is 0. The molecule has 0 aromatic rings. The van der Waals surface area contributed by atoms with Gasteiger partial charge in [-0.1, -0.05) is 193 Å². The van der Waals surface area contributed by atoms with E-state index >= 15 is 0 Å². The van der Waals surface area contributed by atoms with Crippen LogP contribution in [0, 0.1) is 5.92 Å². The first-order chi connectivity index (χ1) is 21.0. The maximum absolute atomic E-state index is 12.3. The molecule has 3 nitrogen and oxygen atoms in total. The van der Waals surface area contributed by atoms with Gasteiger partial charge in [-0.25, -0.2) is 0 Å². The molecule has 0 rings (SSSR count). The number of carbonyl (C=O) groups is 2. The molecule has 1 unspecified atom stereocenters. The summed E-state index contributed by atoms with van der Waals surface area (Å²) in [5, 5.41) is -0.551. The molecule has 0 aliphatic carbocycles. The van der Waals surface area contributed by atoms with E-state index in [0.717, 1.165) is 38.5 Å². The van der Waals surface area contributed by atoms with Gasteiger partial charge < -0.3 is 4.46 Å². The Hall–Kier alpha value is -0.903. The number of hydrogen-bond donors (Lipinski definition) is 0. The van der Waals surface area contributed by atoms with Crippen LogP contribution >= 0.6 is 0 Å². The van der Waals surface area contributed by atoms with Gasteiger partial charge >= 0.3 is 8.68 Å². The van der Waals surface area contributed by atoms with Gasteiger partial charge in [0.25, 0.3) is 0 Å². The monoisotopic (exact) mass is 619 g/mol. The number of allylic oxidation sites excluding steroid dienone is 1. The molecule has 0 spiro atoms. The number of rotatable bonds is 36. The summed E-state index contributed by atoms with van der Waals surface area (Å²) >= 11 is 0. The van der Waals surface area contributed by atoms with Crippen molar-refractivity contribution in [2.24, 2.45) is 5.92 Å². The van der Waals surface area contributed by atoms with Gasteiger partial charge in [0.05, 0.1) is 0 Å². The molecule has 0 heterocycles. The molecule has 43 heavy (non-hydrogen) atoms. The first kappa shape index (κ1) is 42.1. The van der Waals surface area contributed by atoms with Crippen LogP contribution < -0.4 is 0 Å². The van der Waals surface area contributed by atoms with Crippen molar-refractivity contribution in [3.8, 4) is 0 Å². The van der Waals surface area contributed by atoms with Crippen LogP contribution in [0.4, 0.5) is 0 Å². The second kappa shape index (κ2) is 34.0. The van der Waals surface area contributed by atoms with Crippen molar-refractivity contribution >= 4 is 19.5 Å². The summed E-state index contributed by atoms with van der Waals surface area (Å²) in [6.45, 7) is 8.39. The summed E-state index contributed by atoms with van der Waals surface area (Å²) in [6.07, 6.45) is 41.0. The van der Waals surface area contributed by atoms with E-state index in [0.29, 0.717) is 18.8 Å². The molecule has 0 bridgehead atoms. The molecule has 0 N–H and O–H groups in total. The molecule has 0 saturated carbocycles. The van der Waals surface area contributed by atoms with E-state index in [2.05, 4.69) is 26.5 Å². The molecule has 0 aromatic heterocycles. The zero-order valence-corrected chi connectivity index (χ0v) is 30.2. The maximum atomic E-state index is 12.3. The average Bonchev–Trinajstić information content (AvgIpc) is 3.01. The fraction of sp³-hybridized carbons (Fsp3) is 0.897. The van der Waals surface area contributed by atoms with Crippen molar-refractivity contribution in [3.05, 3.63) is 12.7 Å². The van der Waals surface area contributed by atoms with Crippen molar-refractivity contribution in [1.29, 1.82) is 0 Å². The molecule has 0 amide bonds. The van der Waals surface area contributed by atoms with Crippen LogP contribution in [0.1, 0.15) is 219 Å². The zero-order valence-electron chi connectivity index (χ0n) is 29.2. The highest BCUT2D eigenvalue weighted by Crippen LogP contribution is 2.16. The first-order valence-corrected chi connectivity index (χ1v) is 20.7. The Morgan fingerprint density at radius 2 is 0.744 bits per heavy atom. The third kappa shape index (κ3) is 30.9. The lowest BCUT2D eigenvalue weighted by Gasteiger charge is -2.05. The van der Waals surface area contributed by atoms with E-state index in [-0.39, 0.29) is 10.8 Å². The molecule has 0 aliphatic heterocycles. The van der Waals surface area contributed by atoms with Gasteiger partial charge in [-0.2, -0.15) is 0 Å². The van der Waals surface area contributed by atoms with Crippen molar-refractivity contribution in [2.75, 3.05) is 0 Å². The van der Waals surface area contributed by atoms with Crippen LogP contribution in [0.3, 0.4) is 0 Å². The Labute approximate surface area is 270 Å². The quantitative estimate of drug-likeness (QED) is 0.0399. The largest absolute Gasteiger partial charge is 0.421 e. The molecule has 252 valence electrons. The van der Waals surface area contributed by atoms with Crippen molar-refractivity contribution < 1.29 is 14.1 Å². The van der Waals surface area contributed by atoms with E-state index in [9.17, 15) is 14.1 Å². The Kier molecular flexibility index (Phi) is 33.3. The summed E-state index contributed by atoms with van der Waals surface area (Å²) in [7, 11) is -2.72. The minimum atomic E-state index is -2.72. The van der Waals surface area contributed by atoms with E-state index in [1.165, 1.54) is 154 Å². The highest BCUT2D eigenvalue weighted by Gasteiger charge is 2.24. The highest BCUT2D eigenvalue weighted by atomic mass is 28.3. The van der Waals surface area contributed by atoms with E-state index in [1.54, 1.807) is 0 Å². The highest BCUT2D eigenvalue weighted by molar-refractivity contribution is 7.01. The van der Waals surface area contributed by atoms with Crippen LogP contribution in [0.15, 0.2) is 12.7 Å². The lowest BCUT2D eigenvalue weighted by Crippen LogP contribution is -2.26. The van der Waals surface area contributed by atoms with Crippen molar-refractivity contribution in [3.63, 3.8) is 0 Å². The molecular formula is C39H74O3Si. The predicted octanol–water partition coefficient (Wildman–Crippen LogP) is 13.0. The summed E-state index contributed by atoms with van der Waals surface area (Å²) in [4.78, 5) is 24.4. The minimum Gasteiger partial charge on any atom is -0.370 e.